The maximum absolute atomic E-state index is 12.2. The van der Waals surface area contributed by atoms with Crippen molar-refractivity contribution in [2.24, 2.45) is 7.05 Å². The van der Waals surface area contributed by atoms with Crippen molar-refractivity contribution in [2.75, 3.05) is 5.32 Å². The Hall–Kier alpha value is -2.79. The third-order valence-corrected chi connectivity index (χ3v) is 3.93. The number of carbonyl (C=O) groups excluding carboxylic acids is 1. The van der Waals surface area contributed by atoms with E-state index in [0.717, 1.165) is 5.56 Å². The molecule has 1 amide bonds. The second-order valence-electron chi connectivity index (χ2n) is 5.60. The molecule has 1 N–H and O–H groups in total. The van der Waals surface area contributed by atoms with Crippen LogP contribution in [0.1, 0.15) is 12.0 Å². The van der Waals surface area contributed by atoms with Gasteiger partial charge in [-0.05, 0) is 36.2 Å². The first-order chi connectivity index (χ1) is 12.1. The number of halogens is 1. The van der Waals surface area contributed by atoms with Gasteiger partial charge in [0, 0.05) is 19.7 Å². The lowest BCUT2D eigenvalue weighted by atomic mass is 10.2. The highest BCUT2D eigenvalue weighted by molar-refractivity contribution is 6.32. The number of nitrogens with zero attached hydrogens (tertiary/aromatic N) is 2. The average molecular weight is 356 g/mol. The topological polar surface area (TPSA) is 56.2 Å². The first-order valence-corrected chi connectivity index (χ1v) is 8.28. The Balaban J connectivity index is 1.66. The zero-order valence-corrected chi connectivity index (χ0v) is 14.5. The van der Waals surface area contributed by atoms with E-state index in [0.29, 0.717) is 35.1 Å². The molecule has 3 rings (SSSR count). The molecule has 128 valence electrons. The molecule has 0 unspecified atom stereocenters. The molecule has 1 aromatic heterocycles. The van der Waals surface area contributed by atoms with Gasteiger partial charge in [-0.2, -0.15) is 5.10 Å². The van der Waals surface area contributed by atoms with Gasteiger partial charge in [0.1, 0.15) is 5.75 Å². The van der Waals surface area contributed by atoms with Crippen LogP contribution in [0, 0.1) is 0 Å². The van der Waals surface area contributed by atoms with Crippen molar-refractivity contribution in [3.05, 3.63) is 71.5 Å². The molecule has 5 nitrogen and oxygen atoms in total. The number of ether oxygens (including phenoxy) is 1. The number of para-hydroxylation sites is 3. The second kappa shape index (κ2) is 7.85. The van der Waals surface area contributed by atoms with Crippen LogP contribution in [-0.4, -0.2) is 15.7 Å². The van der Waals surface area contributed by atoms with E-state index in [-0.39, 0.29) is 5.91 Å². The summed E-state index contributed by atoms with van der Waals surface area (Å²) >= 11 is 6.13. The summed E-state index contributed by atoms with van der Waals surface area (Å²) in [5, 5.41) is 7.51. The lowest BCUT2D eigenvalue weighted by Crippen LogP contribution is -2.12. The summed E-state index contributed by atoms with van der Waals surface area (Å²) in [4.78, 5) is 12.2. The minimum Gasteiger partial charge on any atom is -0.454 e. The molecule has 0 aliphatic carbocycles. The van der Waals surface area contributed by atoms with Crippen molar-refractivity contribution in [1.29, 1.82) is 0 Å². The van der Waals surface area contributed by atoms with Gasteiger partial charge in [-0.1, -0.05) is 35.9 Å². The fourth-order valence-electron chi connectivity index (χ4n) is 2.38. The molecule has 0 fully saturated rings. The molecule has 2 aromatic carbocycles. The van der Waals surface area contributed by atoms with Crippen molar-refractivity contribution < 1.29 is 9.53 Å². The molecule has 0 radical (unpaired) electrons. The average Bonchev–Trinajstić information content (AvgIpc) is 3.02. The minimum absolute atomic E-state index is 0.0842. The Bertz CT molecular complexity index is 876. The predicted octanol–water partition coefficient (Wildman–Crippen LogP) is 4.44. The van der Waals surface area contributed by atoms with Crippen LogP contribution >= 0.6 is 11.6 Å². The fourth-order valence-corrected chi connectivity index (χ4v) is 2.55. The molecule has 0 aliphatic rings. The van der Waals surface area contributed by atoms with Crippen LogP contribution in [-0.2, 0) is 18.3 Å². The predicted molar refractivity (Wildman–Crippen MR) is 98.1 cm³/mol. The Morgan fingerprint density at radius 1 is 1.16 bits per heavy atom. The highest BCUT2D eigenvalue weighted by atomic mass is 35.5. The molecule has 0 bridgehead atoms. The molecule has 25 heavy (non-hydrogen) atoms. The maximum atomic E-state index is 12.2. The number of hydrogen-bond donors (Lipinski definition) is 1. The fraction of sp³-hybridized carbons (Fsp3) is 0.158. The van der Waals surface area contributed by atoms with Gasteiger partial charge in [-0.3, -0.25) is 9.48 Å². The number of benzene rings is 2. The van der Waals surface area contributed by atoms with Gasteiger partial charge in [0.05, 0.1) is 16.9 Å². The van der Waals surface area contributed by atoms with Gasteiger partial charge in [0.25, 0.3) is 0 Å². The molecule has 6 heteroatoms. The maximum Gasteiger partial charge on any atom is 0.224 e. The van der Waals surface area contributed by atoms with Crippen molar-refractivity contribution in [1.82, 2.24) is 9.78 Å². The first-order valence-electron chi connectivity index (χ1n) is 7.90. The van der Waals surface area contributed by atoms with Crippen molar-refractivity contribution in [3.8, 4) is 11.5 Å². The number of anilines is 1. The summed E-state index contributed by atoms with van der Waals surface area (Å²) in [6, 6.07) is 14.5. The molecule has 3 aromatic rings. The number of hydrogen-bond acceptors (Lipinski definition) is 3. The molecule has 0 spiro atoms. The van der Waals surface area contributed by atoms with E-state index in [9.17, 15) is 4.79 Å². The van der Waals surface area contributed by atoms with E-state index in [1.165, 1.54) is 0 Å². The molecular weight excluding hydrogens is 338 g/mol. The summed E-state index contributed by atoms with van der Waals surface area (Å²) in [6.07, 6.45) is 4.67. The van der Waals surface area contributed by atoms with Crippen LogP contribution in [0.15, 0.2) is 60.9 Å². The van der Waals surface area contributed by atoms with Crippen molar-refractivity contribution in [3.63, 3.8) is 0 Å². The van der Waals surface area contributed by atoms with E-state index in [1.54, 1.807) is 35.1 Å². The van der Waals surface area contributed by atoms with Gasteiger partial charge in [-0.25, -0.2) is 0 Å². The van der Waals surface area contributed by atoms with Gasteiger partial charge < -0.3 is 10.1 Å². The van der Waals surface area contributed by atoms with Crippen molar-refractivity contribution in [2.45, 2.75) is 12.8 Å². The Morgan fingerprint density at radius 3 is 2.60 bits per heavy atom. The van der Waals surface area contributed by atoms with Gasteiger partial charge in [-0.15, -0.1) is 0 Å². The molecule has 0 saturated carbocycles. The van der Waals surface area contributed by atoms with E-state index in [1.807, 2.05) is 37.5 Å². The molecule has 1 heterocycles. The lowest BCUT2D eigenvalue weighted by molar-refractivity contribution is -0.116. The van der Waals surface area contributed by atoms with Gasteiger partial charge in [0.2, 0.25) is 5.91 Å². The zero-order chi connectivity index (χ0) is 17.6. The first kappa shape index (κ1) is 17.0. The largest absolute Gasteiger partial charge is 0.454 e. The van der Waals surface area contributed by atoms with Crippen LogP contribution in [0.5, 0.6) is 11.5 Å². The Kier molecular flexibility index (Phi) is 5.36. The second-order valence-corrected chi connectivity index (χ2v) is 6.01. The monoisotopic (exact) mass is 355 g/mol. The van der Waals surface area contributed by atoms with Gasteiger partial charge >= 0.3 is 0 Å². The third kappa shape index (κ3) is 4.61. The highest BCUT2D eigenvalue weighted by Gasteiger charge is 2.10. The van der Waals surface area contributed by atoms with E-state index >= 15 is 0 Å². The lowest BCUT2D eigenvalue weighted by Gasteiger charge is -2.13. The number of rotatable bonds is 6. The molecule has 0 saturated heterocycles. The summed E-state index contributed by atoms with van der Waals surface area (Å²) in [5.41, 5.74) is 1.64. The molecular formula is C19H18ClN3O2. The molecule has 0 aliphatic heterocycles. The van der Waals surface area contributed by atoms with E-state index < -0.39 is 0 Å². The van der Waals surface area contributed by atoms with Crippen LogP contribution < -0.4 is 10.1 Å². The zero-order valence-electron chi connectivity index (χ0n) is 13.8. The Labute approximate surface area is 151 Å². The summed E-state index contributed by atoms with van der Waals surface area (Å²) in [5.74, 6) is 1.01. The number of aryl methyl sites for hydroxylation is 2. The van der Waals surface area contributed by atoms with Crippen LogP contribution in [0.3, 0.4) is 0 Å². The third-order valence-electron chi connectivity index (χ3n) is 3.62. The van der Waals surface area contributed by atoms with E-state index in [4.69, 9.17) is 16.3 Å². The summed E-state index contributed by atoms with van der Waals surface area (Å²) < 4.78 is 7.57. The highest BCUT2D eigenvalue weighted by Crippen LogP contribution is 2.33. The number of amides is 1. The number of aromatic nitrogens is 2. The summed E-state index contributed by atoms with van der Waals surface area (Å²) in [6.45, 7) is 0. The van der Waals surface area contributed by atoms with Crippen LogP contribution in [0.4, 0.5) is 5.69 Å². The van der Waals surface area contributed by atoms with E-state index in [2.05, 4.69) is 10.4 Å². The van der Waals surface area contributed by atoms with Crippen molar-refractivity contribution >= 4 is 23.2 Å². The Morgan fingerprint density at radius 2 is 1.88 bits per heavy atom. The smallest absolute Gasteiger partial charge is 0.224 e. The minimum atomic E-state index is -0.0842. The summed E-state index contributed by atoms with van der Waals surface area (Å²) in [7, 11) is 1.85. The van der Waals surface area contributed by atoms with Gasteiger partial charge in [0.15, 0.2) is 5.75 Å². The van der Waals surface area contributed by atoms with Crippen LogP contribution in [0.2, 0.25) is 5.02 Å². The number of carbonyl (C=O) groups is 1. The van der Waals surface area contributed by atoms with Crippen LogP contribution in [0.25, 0.3) is 0 Å². The normalized spacial score (nSPS) is 10.5. The number of nitrogens with one attached hydrogen (secondary N) is 1. The standard InChI is InChI=1S/C19H18ClN3O2/c1-23-13-14(12-21-23)10-11-19(24)22-16-7-3-5-9-18(16)25-17-8-4-2-6-15(17)20/h2-9,12-13H,10-11H2,1H3,(H,22,24). The SMILES string of the molecule is Cn1cc(CCC(=O)Nc2ccccc2Oc2ccccc2Cl)cn1. The quantitative estimate of drug-likeness (QED) is 0.711. The molecule has 0 atom stereocenters.